The van der Waals surface area contributed by atoms with Gasteiger partial charge < -0.3 is 9.84 Å². The van der Waals surface area contributed by atoms with Gasteiger partial charge in [0.1, 0.15) is 6.10 Å². The topological polar surface area (TPSA) is 70.3 Å². The van der Waals surface area contributed by atoms with Crippen LogP contribution in [0.1, 0.15) is 114 Å². The summed E-state index contributed by atoms with van der Waals surface area (Å²) in [4.78, 5) is 11.2. The van der Waals surface area contributed by atoms with E-state index in [0.29, 0.717) is 6.42 Å². The molecule has 0 spiro atoms. The molecule has 0 aromatic carbocycles. The smallest absolute Gasteiger partial charge is 0.305 e. The number of carbonyl (C=O) groups is 1. The van der Waals surface area contributed by atoms with E-state index in [-0.39, 0.29) is 29.0 Å². The normalized spacial score (nSPS) is 22.2. The van der Waals surface area contributed by atoms with Crippen LogP contribution < -0.4 is 0 Å². The van der Waals surface area contributed by atoms with Gasteiger partial charge in [-0.15, -0.1) is 0 Å². The van der Waals surface area contributed by atoms with E-state index < -0.39 is 0 Å². The molecule has 0 amide bonds. The van der Waals surface area contributed by atoms with E-state index in [4.69, 9.17) is 10.00 Å². The molecule has 2 aliphatic carbocycles. The lowest BCUT2D eigenvalue weighted by atomic mass is 9.73. The third-order valence-corrected chi connectivity index (χ3v) is 6.69. The monoisotopic (exact) mass is 485 g/mol. The van der Waals surface area contributed by atoms with Crippen LogP contribution in [0.2, 0.25) is 0 Å². The van der Waals surface area contributed by atoms with E-state index in [0.717, 1.165) is 19.3 Å². The largest absolute Gasteiger partial charge is 0.462 e. The van der Waals surface area contributed by atoms with Crippen LogP contribution in [0.4, 0.5) is 0 Å². The fourth-order valence-electron chi connectivity index (χ4n) is 4.66. The van der Waals surface area contributed by atoms with Crippen LogP contribution in [0.3, 0.4) is 0 Å². The zero-order valence-electron chi connectivity index (χ0n) is 24.1. The van der Waals surface area contributed by atoms with Crippen molar-refractivity contribution in [1.29, 1.82) is 5.26 Å². The minimum Gasteiger partial charge on any atom is -0.462 e. The molecule has 2 aliphatic rings. The van der Waals surface area contributed by atoms with Crippen LogP contribution in [-0.4, -0.2) is 23.3 Å². The molecule has 198 valence electrons. The van der Waals surface area contributed by atoms with E-state index >= 15 is 0 Å². The maximum Gasteiger partial charge on any atom is 0.305 e. The van der Waals surface area contributed by atoms with Gasteiger partial charge in [-0.1, -0.05) is 70.1 Å². The van der Waals surface area contributed by atoms with Gasteiger partial charge in [0.15, 0.2) is 0 Å². The molecule has 2 rings (SSSR count). The van der Waals surface area contributed by atoms with Crippen molar-refractivity contribution in [3.63, 3.8) is 0 Å². The summed E-state index contributed by atoms with van der Waals surface area (Å²) in [5.41, 5.74) is 6.13. The van der Waals surface area contributed by atoms with Gasteiger partial charge in [0.05, 0.1) is 12.2 Å². The van der Waals surface area contributed by atoms with Crippen molar-refractivity contribution in [2.24, 2.45) is 10.8 Å². The number of carbonyl (C=O) groups excluding carboxylic acids is 1. The van der Waals surface area contributed by atoms with Crippen molar-refractivity contribution in [2.75, 3.05) is 0 Å². The Hall–Kier alpha value is -2.12. The molecule has 0 saturated heterocycles. The summed E-state index contributed by atoms with van der Waals surface area (Å²) in [6.07, 6.45) is 15.6. The third kappa shape index (κ3) is 12.4. The van der Waals surface area contributed by atoms with Gasteiger partial charge in [0.25, 0.3) is 0 Å². The van der Waals surface area contributed by atoms with Gasteiger partial charge in [-0.25, -0.2) is 0 Å². The Morgan fingerprint density at radius 1 is 1.03 bits per heavy atom. The number of ether oxygens (including phenoxy) is 1. The molecule has 0 aromatic rings. The maximum atomic E-state index is 11.2. The Balaban J connectivity index is 0.000000608. The lowest BCUT2D eigenvalue weighted by molar-refractivity contribution is -0.147. The number of esters is 1. The van der Waals surface area contributed by atoms with Gasteiger partial charge in [-0.2, -0.15) is 5.26 Å². The number of hydrogen-bond acceptors (Lipinski definition) is 4. The first-order valence-electron chi connectivity index (χ1n) is 13.2. The first-order chi connectivity index (χ1) is 16.2. The average molecular weight is 486 g/mol. The molecule has 0 aliphatic heterocycles. The summed E-state index contributed by atoms with van der Waals surface area (Å²) < 4.78 is 5.29. The zero-order valence-corrected chi connectivity index (χ0v) is 24.1. The Bertz CT molecular complexity index is 832. The molecule has 4 nitrogen and oxygen atoms in total. The van der Waals surface area contributed by atoms with E-state index in [2.05, 4.69) is 65.8 Å². The first-order valence-corrected chi connectivity index (χ1v) is 13.2. The Kier molecular flexibility index (Phi) is 14.8. The number of hydrogen-bond donors (Lipinski definition) is 1. The van der Waals surface area contributed by atoms with Crippen molar-refractivity contribution in [3.05, 3.63) is 46.6 Å². The molecule has 1 N–H and O–H groups in total. The fraction of sp³-hybridized carbons (Fsp3) is 0.677. The zero-order chi connectivity index (χ0) is 27.2. The molecule has 0 fully saturated rings. The molecule has 4 heteroatoms. The standard InChI is InChI=1S/C16H26O2.C13H22O.C2H3N/c1-6-15(17)18-13(3)9-10-14-12(2)8-7-11-16(14,4)5;1-10-6-5-9-13(3,4)12(10)8-7-11(2)14;1-2-3/h8,10,13H,6-7,9,11H2,1-5H3;6,8,11,14H,5,7,9H2,1-4H3;1H3/b14-10+;12-8+;/t;11-;/m.1./s1. The third-order valence-electron chi connectivity index (χ3n) is 6.69. The predicted octanol–water partition coefficient (Wildman–Crippen LogP) is 8.39. The van der Waals surface area contributed by atoms with E-state index in [9.17, 15) is 9.90 Å². The highest BCUT2D eigenvalue weighted by Gasteiger charge is 2.27. The fourth-order valence-corrected chi connectivity index (χ4v) is 4.66. The van der Waals surface area contributed by atoms with Gasteiger partial charge in [-0.05, 0) is 81.8 Å². The Morgan fingerprint density at radius 3 is 1.77 bits per heavy atom. The van der Waals surface area contributed by atoms with Gasteiger partial charge in [0.2, 0.25) is 0 Å². The minimum atomic E-state index is -0.229. The van der Waals surface area contributed by atoms with Crippen molar-refractivity contribution in [3.8, 4) is 6.07 Å². The highest BCUT2D eigenvalue weighted by atomic mass is 16.5. The highest BCUT2D eigenvalue weighted by molar-refractivity contribution is 5.69. The summed E-state index contributed by atoms with van der Waals surface area (Å²) >= 11 is 0. The molecule has 0 heterocycles. The summed E-state index contributed by atoms with van der Waals surface area (Å²) in [6.45, 7) is 20.6. The van der Waals surface area contributed by atoms with Crippen LogP contribution in [0.25, 0.3) is 0 Å². The molecule has 0 aromatic heterocycles. The van der Waals surface area contributed by atoms with Crippen LogP contribution in [-0.2, 0) is 9.53 Å². The first kappa shape index (κ1) is 32.9. The van der Waals surface area contributed by atoms with Crippen molar-refractivity contribution < 1.29 is 14.6 Å². The highest BCUT2D eigenvalue weighted by Crippen LogP contribution is 2.41. The predicted molar refractivity (Wildman–Crippen MR) is 148 cm³/mol. The number of nitrogens with zero attached hydrogens (tertiary/aromatic N) is 1. The summed E-state index contributed by atoms with van der Waals surface area (Å²) in [5.74, 6) is -0.115. The second-order valence-corrected chi connectivity index (χ2v) is 11.1. The van der Waals surface area contributed by atoms with Crippen LogP contribution >= 0.6 is 0 Å². The molecule has 0 bridgehead atoms. The summed E-state index contributed by atoms with van der Waals surface area (Å²) in [6, 6.07) is 1.75. The second kappa shape index (κ2) is 15.8. The van der Waals surface area contributed by atoms with Crippen LogP contribution in [0, 0.1) is 22.2 Å². The van der Waals surface area contributed by atoms with E-state index in [1.165, 1.54) is 48.5 Å². The van der Waals surface area contributed by atoms with Crippen molar-refractivity contribution in [2.45, 2.75) is 126 Å². The molecular weight excluding hydrogens is 434 g/mol. The molecule has 0 radical (unpaired) electrons. The molecular formula is C31H51NO3. The van der Waals surface area contributed by atoms with E-state index in [1.807, 2.05) is 20.8 Å². The number of rotatable bonds is 6. The Labute approximate surface area is 215 Å². The van der Waals surface area contributed by atoms with Gasteiger partial charge in [-0.3, -0.25) is 4.79 Å². The molecule has 0 saturated carbocycles. The number of nitriles is 1. The van der Waals surface area contributed by atoms with Crippen molar-refractivity contribution in [1.82, 2.24) is 0 Å². The van der Waals surface area contributed by atoms with Crippen LogP contribution in [0.5, 0.6) is 0 Å². The van der Waals surface area contributed by atoms with E-state index in [1.54, 1.807) is 6.07 Å². The Morgan fingerprint density at radius 2 is 1.43 bits per heavy atom. The SMILES string of the molecule is CC#N.CC1=CCCC(C)(C)/C1=C/C[C@@H](C)O.CCC(=O)OC(C)C/C=C1\C(C)=CCCC1(C)C. The molecule has 1 unspecified atom stereocenters. The average Bonchev–Trinajstić information content (AvgIpc) is 2.73. The lowest BCUT2D eigenvalue weighted by Gasteiger charge is -2.32. The lowest BCUT2D eigenvalue weighted by Crippen LogP contribution is -2.20. The summed E-state index contributed by atoms with van der Waals surface area (Å²) in [7, 11) is 0. The number of aliphatic hydroxyl groups is 1. The second-order valence-electron chi connectivity index (χ2n) is 11.1. The van der Waals surface area contributed by atoms with Gasteiger partial charge >= 0.3 is 5.97 Å². The number of aliphatic hydroxyl groups excluding tert-OH is 1. The molecule has 35 heavy (non-hydrogen) atoms. The summed E-state index contributed by atoms with van der Waals surface area (Å²) in [5, 5.41) is 16.6. The van der Waals surface area contributed by atoms with Crippen molar-refractivity contribution >= 4 is 5.97 Å². The quantitative estimate of drug-likeness (QED) is 0.383. The molecule has 2 atom stereocenters. The van der Waals surface area contributed by atoms with Gasteiger partial charge in [0, 0.05) is 19.8 Å². The van der Waals surface area contributed by atoms with Crippen LogP contribution in [0.15, 0.2) is 46.6 Å². The maximum absolute atomic E-state index is 11.2. The minimum absolute atomic E-state index is 0.0320. The number of allylic oxidation sites excluding steroid dienone is 6.